The molecule has 1 N–H and O–H groups in total. The lowest BCUT2D eigenvalue weighted by atomic mass is 10.1. The van der Waals surface area contributed by atoms with Gasteiger partial charge in [0.25, 0.3) is 5.91 Å². The van der Waals surface area contributed by atoms with Gasteiger partial charge in [-0.1, -0.05) is 60.2 Å². The van der Waals surface area contributed by atoms with Gasteiger partial charge in [-0.15, -0.1) is 0 Å². The van der Waals surface area contributed by atoms with E-state index in [0.29, 0.717) is 5.70 Å². The van der Waals surface area contributed by atoms with E-state index < -0.39 is 6.03 Å². The van der Waals surface area contributed by atoms with Gasteiger partial charge in [0, 0.05) is 17.1 Å². The highest BCUT2D eigenvalue weighted by Gasteiger charge is 2.33. The lowest BCUT2D eigenvalue weighted by Gasteiger charge is -2.12. The van der Waals surface area contributed by atoms with E-state index in [-0.39, 0.29) is 12.5 Å². The summed E-state index contributed by atoms with van der Waals surface area (Å²) in [6.45, 7) is 6.33. The fourth-order valence-electron chi connectivity index (χ4n) is 4.39. The Bertz CT molecular complexity index is 1430. The summed E-state index contributed by atoms with van der Waals surface area (Å²) in [4.78, 5) is 26.7. The Morgan fingerprint density at radius 2 is 1.58 bits per heavy atom. The van der Waals surface area contributed by atoms with Crippen molar-refractivity contribution in [2.24, 2.45) is 0 Å². The number of nitrogens with one attached hydrogen (secondary N) is 1. The van der Waals surface area contributed by atoms with Crippen molar-refractivity contribution in [1.29, 1.82) is 0 Å². The molecule has 0 aliphatic carbocycles. The second-order valence-corrected chi connectivity index (χ2v) is 8.56. The zero-order valence-corrected chi connectivity index (χ0v) is 18.9. The second-order valence-electron chi connectivity index (χ2n) is 8.56. The Morgan fingerprint density at radius 3 is 2.33 bits per heavy atom. The third kappa shape index (κ3) is 3.82. The number of aryl methyl sites for hydroxylation is 2. The average Bonchev–Trinajstić information content (AvgIpc) is 3.24. The van der Waals surface area contributed by atoms with E-state index in [0.717, 1.165) is 33.8 Å². The number of benzene rings is 3. The van der Waals surface area contributed by atoms with Gasteiger partial charge in [-0.2, -0.15) is 0 Å². The van der Waals surface area contributed by atoms with Gasteiger partial charge in [0.05, 0.1) is 6.54 Å². The molecule has 1 saturated heterocycles. The van der Waals surface area contributed by atoms with Crippen molar-refractivity contribution < 1.29 is 9.59 Å². The summed E-state index contributed by atoms with van der Waals surface area (Å²) in [5, 5.41) is 5.11. The minimum Gasteiger partial charge on any atom is -0.318 e. The monoisotopic (exact) mass is 435 g/mol. The van der Waals surface area contributed by atoms with Gasteiger partial charge in [-0.25, -0.2) is 4.79 Å². The number of fused-ring (bicyclic) bond motifs is 1. The molecule has 0 unspecified atom stereocenters. The first-order chi connectivity index (χ1) is 15.9. The fraction of sp³-hybridized carbons (Fsp3) is 0.143. The van der Waals surface area contributed by atoms with Crippen LogP contribution in [0.5, 0.6) is 0 Å². The lowest BCUT2D eigenvalue weighted by molar-refractivity contribution is -0.123. The van der Waals surface area contributed by atoms with E-state index in [1.165, 1.54) is 15.7 Å². The van der Waals surface area contributed by atoms with Gasteiger partial charge in [-0.3, -0.25) is 9.69 Å². The minimum absolute atomic E-state index is 0.248. The first-order valence-corrected chi connectivity index (χ1v) is 11.0. The maximum atomic E-state index is 13.0. The van der Waals surface area contributed by atoms with Crippen LogP contribution in [0.25, 0.3) is 22.5 Å². The lowest BCUT2D eigenvalue weighted by Crippen LogP contribution is -2.30. The van der Waals surface area contributed by atoms with E-state index in [4.69, 9.17) is 0 Å². The molecule has 0 bridgehead atoms. The van der Waals surface area contributed by atoms with Crippen LogP contribution in [0.2, 0.25) is 0 Å². The normalized spacial score (nSPS) is 15.0. The summed E-state index contributed by atoms with van der Waals surface area (Å²) in [6.07, 6.45) is 1.77. The highest BCUT2D eigenvalue weighted by molar-refractivity contribution is 6.14. The van der Waals surface area contributed by atoms with Crippen molar-refractivity contribution in [3.63, 3.8) is 0 Å². The van der Waals surface area contributed by atoms with Gasteiger partial charge in [0.15, 0.2) is 0 Å². The van der Waals surface area contributed by atoms with Crippen LogP contribution in [0.4, 0.5) is 4.79 Å². The van der Waals surface area contributed by atoms with E-state index in [2.05, 4.69) is 40.2 Å². The molecule has 0 radical (unpaired) electrons. The van der Waals surface area contributed by atoms with Crippen molar-refractivity contribution in [2.75, 3.05) is 0 Å². The fourth-order valence-corrected chi connectivity index (χ4v) is 4.39. The van der Waals surface area contributed by atoms with Crippen molar-refractivity contribution in [2.45, 2.75) is 27.3 Å². The van der Waals surface area contributed by atoms with Crippen LogP contribution < -0.4 is 5.32 Å². The highest BCUT2D eigenvalue weighted by Crippen LogP contribution is 2.26. The number of rotatable bonds is 4. The van der Waals surface area contributed by atoms with Crippen LogP contribution in [0, 0.1) is 20.8 Å². The quantitative estimate of drug-likeness (QED) is 0.333. The van der Waals surface area contributed by atoms with Crippen LogP contribution in [-0.4, -0.2) is 21.4 Å². The molecule has 4 aromatic rings. The van der Waals surface area contributed by atoms with Crippen LogP contribution in [0.1, 0.15) is 28.1 Å². The highest BCUT2D eigenvalue weighted by atomic mass is 16.2. The smallest absolute Gasteiger partial charge is 0.318 e. The summed E-state index contributed by atoms with van der Waals surface area (Å²) in [7, 11) is 0. The molecule has 0 saturated carbocycles. The molecule has 0 spiro atoms. The zero-order valence-electron chi connectivity index (χ0n) is 18.9. The summed E-state index contributed by atoms with van der Waals surface area (Å²) in [5.74, 6) is -0.309. The second kappa shape index (κ2) is 8.10. The van der Waals surface area contributed by atoms with Crippen molar-refractivity contribution in [3.8, 4) is 5.69 Å². The van der Waals surface area contributed by atoms with E-state index in [1.807, 2.05) is 63.2 Å². The Labute approximate surface area is 193 Å². The molecule has 1 aliphatic heterocycles. The van der Waals surface area contributed by atoms with Gasteiger partial charge >= 0.3 is 6.03 Å². The van der Waals surface area contributed by atoms with E-state index >= 15 is 0 Å². The number of urea groups is 1. The zero-order chi connectivity index (χ0) is 23.1. The largest absolute Gasteiger partial charge is 0.329 e. The van der Waals surface area contributed by atoms with Gasteiger partial charge in [0.2, 0.25) is 0 Å². The topological polar surface area (TPSA) is 54.3 Å². The van der Waals surface area contributed by atoms with Crippen molar-refractivity contribution >= 4 is 28.8 Å². The molecule has 5 rings (SSSR count). The maximum absolute atomic E-state index is 13.0. The number of nitrogens with zero attached hydrogens (tertiary/aromatic N) is 2. The van der Waals surface area contributed by atoms with Crippen molar-refractivity contribution in [3.05, 3.63) is 107 Å². The Kier molecular flexibility index (Phi) is 5.09. The SMILES string of the molecule is Cc1ccc(CN2C(=O)N/C(=C/c3cc(C)n(-c4ccc5ccccc5c4)c3C)C2=O)cc1. The third-order valence-corrected chi connectivity index (χ3v) is 6.18. The van der Waals surface area contributed by atoms with Crippen LogP contribution in [0.3, 0.4) is 0 Å². The molecule has 1 aliphatic rings. The standard InChI is InChI=1S/C28H25N3O2/c1-18-8-10-21(11-9-18)17-30-27(32)26(29-28(30)33)16-24-14-19(2)31(20(24)3)25-13-12-22-6-4-5-7-23(22)15-25/h4-16H,17H2,1-3H3,(H,29,33)/b26-16+. The van der Waals surface area contributed by atoms with Gasteiger partial charge in [0.1, 0.15) is 5.70 Å². The molecule has 5 nitrogen and oxygen atoms in total. The molecule has 0 atom stereocenters. The number of hydrogen-bond acceptors (Lipinski definition) is 2. The summed E-state index contributed by atoms with van der Waals surface area (Å²) in [5.41, 5.74) is 6.39. The van der Waals surface area contributed by atoms with Gasteiger partial charge in [-0.05, 0) is 66.9 Å². The number of carbonyl (C=O) groups excluding carboxylic acids is 2. The Hall–Kier alpha value is -4.12. The number of amides is 3. The molecular formula is C28H25N3O2. The van der Waals surface area contributed by atoms with Gasteiger partial charge < -0.3 is 9.88 Å². The predicted molar refractivity (Wildman–Crippen MR) is 131 cm³/mol. The predicted octanol–water partition coefficient (Wildman–Crippen LogP) is 5.65. The average molecular weight is 436 g/mol. The van der Waals surface area contributed by atoms with Crippen LogP contribution in [0.15, 0.2) is 78.5 Å². The Balaban J connectivity index is 1.45. The third-order valence-electron chi connectivity index (χ3n) is 6.18. The molecule has 1 fully saturated rings. The number of imide groups is 1. The van der Waals surface area contributed by atoms with Crippen LogP contribution in [-0.2, 0) is 11.3 Å². The molecule has 3 amide bonds. The molecule has 33 heavy (non-hydrogen) atoms. The molecule has 164 valence electrons. The molecule has 2 heterocycles. The molecule has 5 heteroatoms. The minimum atomic E-state index is -0.393. The Morgan fingerprint density at radius 1 is 0.848 bits per heavy atom. The maximum Gasteiger partial charge on any atom is 0.329 e. The summed E-state index contributed by atoms with van der Waals surface area (Å²) >= 11 is 0. The van der Waals surface area contributed by atoms with E-state index in [1.54, 1.807) is 6.08 Å². The molecule has 1 aromatic heterocycles. The summed E-state index contributed by atoms with van der Waals surface area (Å²) in [6, 6.07) is 24.1. The summed E-state index contributed by atoms with van der Waals surface area (Å²) < 4.78 is 2.17. The number of carbonyl (C=O) groups is 2. The number of aromatic nitrogens is 1. The van der Waals surface area contributed by atoms with Crippen LogP contribution >= 0.6 is 0 Å². The first kappa shape index (κ1) is 20.8. The van der Waals surface area contributed by atoms with Crippen molar-refractivity contribution in [1.82, 2.24) is 14.8 Å². The molecule has 3 aromatic carbocycles. The molecular weight excluding hydrogens is 410 g/mol. The number of hydrogen-bond donors (Lipinski definition) is 1. The van der Waals surface area contributed by atoms with E-state index in [9.17, 15) is 9.59 Å². The first-order valence-electron chi connectivity index (χ1n) is 11.0.